The zero-order valence-electron chi connectivity index (χ0n) is 19.6. The molecule has 0 bridgehead atoms. The first-order valence-electron chi connectivity index (χ1n) is 11.8. The van der Waals surface area contributed by atoms with E-state index >= 15 is 0 Å². The predicted molar refractivity (Wildman–Crippen MR) is 130 cm³/mol. The summed E-state index contributed by atoms with van der Waals surface area (Å²) in [4.78, 5) is 10.3. The molecule has 0 aromatic heterocycles. The molecule has 0 heterocycles. The van der Waals surface area contributed by atoms with Crippen LogP contribution in [-0.4, -0.2) is 33.5 Å². The molecule has 0 aliphatic heterocycles. The van der Waals surface area contributed by atoms with Crippen molar-refractivity contribution in [3.05, 3.63) is 74.0 Å². The van der Waals surface area contributed by atoms with Crippen molar-refractivity contribution < 1.29 is 46.0 Å². The van der Waals surface area contributed by atoms with Gasteiger partial charge >= 0.3 is 5.97 Å². The molecule has 2 unspecified atom stereocenters. The first-order chi connectivity index (χ1) is 15.5. The Morgan fingerprint density at radius 2 is 1.39 bits per heavy atom. The van der Waals surface area contributed by atoms with E-state index in [1.165, 1.54) is 16.7 Å². The molecule has 1 radical (unpaired) electrons. The first kappa shape index (κ1) is 29.7. The standard InChI is InChI=1S/C14H25O4.C14H13.Sc/c1-2-10-11(13(16)9-12(10)15)7-5-3-4-6-8-14(17)18;1-2-12-8-10-14(11-9-12)13-6-4-3-5-7-13;/h10-13,15-16H,1-9H2,(H,17,18);3-11H,1-2H2;/q2*-1;/t10?,11?,12-,13+;;/m1../s1. The van der Waals surface area contributed by atoms with Gasteiger partial charge in [-0.05, 0) is 42.2 Å². The first-order valence-corrected chi connectivity index (χ1v) is 11.8. The number of aliphatic hydroxyl groups excluding tert-OH is 2. The maximum absolute atomic E-state index is 10.3. The third kappa shape index (κ3) is 10.2. The van der Waals surface area contributed by atoms with E-state index < -0.39 is 18.2 Å². The second kappa shape index (κ2) is 16.3. The summed E-state index contributed by atoms with van der Waals surface area (Å²) in [5.41, 5.74) is 3.82. The predicted octanol–water partition coefficient (Wildman–Crippen LogP) is 5.72. The fourth-order valence-electron chi connectivity index (χ4n) is 4.48. The second-order valence-electron chi connectivity index (χ2n) is 8.65. The van der Waals surface area contributed by atoms with Crippen molar-refractivity contribution in [2.75, 3.05) is 0 Å². The van der Waals surface area contributed by atoms with Gasteiger partial charge in [-0.3, -0.25) is 4.79 Å². The molecule has 3 rings (SSSR count). The zero-order chi connectivity index (χ0) is 23.3. The number of benzene rings is 2. The van der Waals surface area contributed by atoms with Crippen molar-refractivity contribution in [1.29, 1.82) is 0 Å². The van der Waals surface area contributed by atoms with Gasteiger partial charge in [-0.25, -0.2) is 0 Å². The summed E-state index contributed by atoms with van der Waals surface area (Å²) in [5, 5.41) is 28.1. The molecule has 179 valence electrons. The van der Waals surface area contributed by atoms with Crippen LogP contribution in [0.5, 0.6) is 0 Å². The van der Waals surface area contributed by atoms with Gasteiger partial charge in [-0.2, -0.15) is 12.8 Å². The van der Waals surface area contributed by atoms with E-state index in [-0.39, 0.29) is 44.1 Å². The smallest absolute Gasteiger partial charge is 0.303 e. The molecule has 2 aromatic carbocycles. The van der Waals surface area contributed by atoms with Gasteiger partial charge in [-0.1, -0.05) is 79.4 Å². The van der Waals surface area contributed by atoms with Gasteiger partial charge in [-0.15, -0.1) is 0 Å². The van der Waals surface area contributed by atoms with Gasteiger partial charge in [0.25, 0.3) is 0 Å². The van der Waals surface area contributed by atoms with Gasteiger partial charge in [0.1, 0.15) is 0 Å². The largest absolute Gasteiger partial charge is 0.481 e. The monoisotopic (exact) mass is 483 g/mol. The molecule has 4 atom stereocenters. The molecule has 0 amide bonds. The summed E-state index contributed by atoms with van der Waals surface area (Å²) in [5.74, 6) is -0.447. The molecule has 5 heteroatoms. The Hall–Kier alpha value is -1.30. The van der Waals surface area contributed by atoms with Crippen molar-refractivity contribution in [3.8, 4) is 11.1 Å². The average Bonchev–Trinajstić information content (AvgIpc) is 3.09. The third-order valence-electron chi connectivity index (χ3n) is 6.38. The van der Waals surface area contributed by atoms with Crippen LogP contribution in [0.15, 0.2) is 54.6 Å². The van der Waals surface area contributed by atoms with Crippen molar-refractivity contribution >= 4 is 5.97 Å². The van der Waals surface area contributed by atoms with Crippen LogP contribution < -0.4 is 0 Å². The Morgan fingerprint density at radius 3 is 1.97 bits per heavy atom. The van der Waals surface area contributed by atoms with Crippen molar-refractivity contribution in [2.24, 2.45) is 11.8 Å². The zero-order valence-corrected chi connectivity index (χ0v) is 21.4. The molecular formula is C28H38O4Sc-2. The average molecular weight is 484 g/mol. The number of unbranched alkanes of at least 4 members (excludes halogenated alkanes) is 3. The Bertz CT molecular complexity index is 778. The van der Waals surface area contributed by atoms with Crippen LogP contribution in [0.3, 0.4) is 0 Å². The van der Waals surface area contributed by atoms with Crippen molar-refractivity contribution in [2.45, 2.75) is 70.0 Å². The number of hydrogen-bond donors (Lipinski definition) is 3. The van der Waals surface area contributed by atoms with E-state index in [4.69, 9.17) is 5.11 Å². The van der Waals surface area contributed by atoms with Gasteiger partial charge in [0, 0.05) is 32.3 Å². The van der Waals surface area contributed by atoms with Gasteiger partial charge in [0.05, 0.1) is 12.2 Å². The van der Waals surface area contributed by atoms with Crippen LogP contribution in [0, 0.1) is 25.7 Å². The SMILES string of the molecule is [CH2-]CC1C(CCCCCCC(=O)O)[C@@H](O)C[C@H]1O.[CH2-]Cc1ccc(-c2ccccc2)cc1.[Sc]. The van der Waals surface area contributed by atoms with Crippen LogP contribution >= 0.6 is 0 Å². The Morgan fingerprint density at radius 1 is 0.818 bits per heavy atom. The third-order valence-corrected chi connectivity index (χ3v) is 6.38. The molecule has 0 spiro atoms. The summed E-state index contributed by atoms with van der Waals surface area (Å²) in [6.45, 7) is 7.70. The number of carboxylic acids is 1. The normalized spacial score (nSPS) is 21.6. The molecule has 1 aliphatic carbocycles. The minimum Gasteiger partial charge on any atom is -0.481 e. The number of carboxylic acid groups (broad SMARTS) is 1. The topological polar surface area (TPSA) is 77.8 Å². The summed E-state index contributed by atoms with van der Waals surface area (Å²) in [6, 6.07) is 19.0. The second-order valence-corrected chi connectivity index (χ2v) is 8.65. The molecule has 3 N–H and O–H groups in total. The molecule has 1 aliphatic rings. The number of hydrogen-bond acceptors (Lipinski definition) is 3. The minimum absolute atomic E-state index is 0. The van der Waals surface area contributed by atoms with Crippen molar-refractivity contribution in [3.63, 3.8) is 0 Å². The van der Waals surface area contributed by atoms with E-state index in [9.17, 15) is 15.0 Å². The molecule has 1 fully saturated rings. The summed E-state index contributed by atoms with van der Waals surface area (Å²) >= 11 is 0. The van der Waals surface area contributed by atoms with Crippen LogP contribution in [0.2, 0.25) is 0 Å². The van der Waals surface area contributed by atoms with Gasteiger partial charge < -0.3 is 29.2 Å². The van der Waals surface area contributed by atoms with Gasteiger partial charge in [0.15, 0.2) is 0 Å². The van der Waals surface area contributed by atoms with Crippen LogP contribution in [0.4, 0.5) is 0 Å². The molecule has 2 aromatic rings. The van der Waals surface area contributed by atoms with Crippen molar-refractivity contribution in [1.82, 2.24) is 0 Å². The fraction of sp³-hybridized carbons (Fsp3) is 0.464. The maximum Gasteiger partial charge on any atom is 0.303 e. The van der Waals surface area contributed by atoms with E-state index in [2.05, 4.69) is 62.4 Å². The maximum atomic E-state index is 10.3. The van der Waals surface area contributed by atoms with E-state index in [1.54, 1.807) is 0 Å². The number of aliphatic carboxylic acids is 1. The van der Waals surface area contributed by atoms with Gasteiger partial charge in [0.2, 0.25) is 0 Å². The summed E-state index contributed by atoms with van der Waals surface area (Å²) in [7, 11) is 0. The van der Waals surface area contributed by atoms with Crippen LogP contribution in [0.1, 0.15) is 56.9 Å². The molecule has 4 nitrogen and oxygen atoms in total. The molecule has 33 heavy (non-hydrogen) atoms. The van der Waals surface area contributed by atoms with Crippen LogP contribution in [-0.2, 0) is 37.1 Å². The Balaban J connectivity index is 0.000000328. The Labute approximate surface area is 218 Å². The summed E-state index contributed by atoms with van der Waals surface area (Å²) in [6.07, 6.45) is 5.98. The number of aliphatic hydroxyl groups is 2. The fourth-order valence-corrected chi connectivity index (χ4v) is 4.48. The molecule has 1 saturated carbocycles. The minimum atomic E-state index is -0.735. The molecular weight excluding hydrogens is 445 g/mol. The van der Waals surface area contributed by atoms with E-state index in [0.717, 1.165) is 38.5 Å². The van der Waals surface area contributed by atoms with Crippen LogP contribution in [0.25, 0.3) is 11.1 Å². The van der Waals surface area contributed by atoms with E-state index in [0.29, 0.717) is 12.8 Å². The molecule has 0 saturated heterocycles. The number of rotatable bonds is 10. The Kier molecular flexibility index (Phi) is 14.7. The van der Waals surface area contributed by atoms with E-state index in [1.807, 2.05) is 6.07 Å². The summed E-state index contributed by atoms with van der Waals surface area (Å²) < 4.78 is 0. The quantitative estimate of drug-likeness (QED) is 0.298. The number of carbonyl (C=O) groups is 1.